The molecule has 2 rings (SSSR count). The lowest BCUT2D eigenvalue weighted by Gasteiger charge is -1.99. The zero-order valence-electron chi connectivity index (χ0n) is 19.2. The first-order valence-corrected chi connectivity index (χ1v) is 12.0. The van der Waals surface area contributed by atoms with E-state index in [1.54, 1.807) is 0 Å². The Hall–Kier alpha value is -2.43. The monoisotopic (exact) mass is 427 g/mol. The molecular formula is C26H41N3O2. The van der Waals surface area contributed by atoms with Gasteiger partial charge in [-0.25, -0.2) is 0 Å². The van der Waals surface area contributed by atoms with Crippen molar-refractivity contribution in [1.82, 2.24) is 5.32 Å². The van der Waals surface area contributed by atoms with Gasteiger partial charge < -0.3 is 10.4 Å². The molecule has 172 valence electrons. The van der Waals surface area contributed by atoms with Crippen LogP contribution in [0.15, 0.2) is 36.4 Å². The maximum absolute atomic E-state index is 10.3. The molecule has 1 aliphatic rings. The lowest BCUT2D eigenvalue weighted by molar-refractivity contribution is -0.137. The van der Waals surface area contributed by atoms with E-state index >= 15 is 0 Å². The van der Waals surface area contributed by atoms with Crippen molar-refractivity contribution in [3.8, 4) is 0 Å². The van der Waals surface area contributed by atoms with Gasteiger partial charge in [-0.2, -0.15) is 0 Å². The van der Waals surface area contributed by atoms with Crippen molar-refractivity contribution in [2.24, 2.45) is 0 Å². The van der Waals surface area contributed by atoms with Gasteiger partial charge in [-0.05, 0) is 32.1 Å². The Kier molecular flexibility index (Phi) is 14.8. The van der Waals surface area contributed by atoms with Gasteiger partial charge in [0.1, 0.15) is 11.7 Å². The van der Waals surface area contributed by atoms with Gasteiger partial charge in [0.15, 0.2) is 0 Å². The quantitative estimate of drug-likeness (QED) is 0.178. The molecule has 0 aliphatic carbocycles. The standard InChI is InChI=1S/C18H34O2.C8H7N3/c1-2-3-4-5-6-7-8-9-10-11-12-13-14-15-16-17-18(19)20;9-7-5-3-1-2-4-6(5)8(10)11-7/h9-10H,2-8,11-17H2,1H3,(H,19,20);1-4H,(H3,9,10,11)/b10-9-;. The van der Waals surface area contributed by atoms with E-state index in [-0.39, 0.29) is 0 Å². The van der Waals surface area contributed by atoms with Crippen LogP contribution in [0.3, 0.4) is 0 Å². The van der Waals surface area contributed by atoms with Crippen LogP contribution >= 0.6 is 0 Å². The second-order valence-electron chi connectivity index (χ2n) is 8.15. The highest BCUT2D eigenvalue weighted by Gasteiger charge is 2.18. The molecule has 0 spiro atoms. The SMILES string of the molecule is CCCCCCCC/C=C\CCCCCCCC(=O)O.N=C1NC(=N)c2ccccc21. The van der Waals surface area contributed by atoms with Gasteiger partial charge in [0.25, 0.3) is 0 Å². The molecule has 1 heterocycles. The van der Waals surface area contributed by atoms with Crippen molar-refractivity contribution < 1.29 is 9.90 Å². The molecule has 1 aromatic carbocycles. The van der Waals surface area contributed by atoms with Gasteiger partial charge in [0, 0.05) is 17.5 Å². The predicted molar refractivity (Wildman–Crippen MR) is 130 cm³/mol. The summed E-state index contributed by atoms with van der Waals surface area (Å²) in [6, 6.07) is 7.42. The van der Waals surface area contributed by atoms with Crippen molar-refractivity contribution in [1.29, 1.82) is 10.8 Å². The van der Waals surface area contributed by atoms with Crippen molar-refractivity contribution in [3.63, 3.8) is 0 Å². The molecule has 0 aromatic heterocycles. The van der Waals surface area contributed by atoms with Crippen LogP contribution in [0.2, 0.25) is 0 Å². The lowest BCUT2D eigenvalue weighted by Crippen LogP contribution is -2.19. The van der Waals surface area contributed by atoms with Crippen LogP contribution in [0.1, 0.15) is 108 Å². The van der Waals surface area contributed by atoms with Crippen LogP contribution in [0.5, 0.6) is 0 Å². The van der Waals surface area contributed by atoms with E-state index in [0.29, 0.717) is 18.1 Å². The molecule has 0 bridgehead atoms. The number of unbranched alkanes of at least 4 members (excludes halogenated alkanes) is 11. The average molecular weight is 428 g/mol. The Morgan fingerprint density at radius 2 is 1.26 bits per heavy atom. The highest BCUT2D eigenvalue weighted by Crippen LogP contribution is 2.13. The van der Waals surface area contributed by atoms with Crippen LogP contribution in [-0.4, -0.2) is 22.7 Å². The number of aliphatic carboxylic acids is 1. The van der Waals surface area contributed by atoms with Gasteiger partial charge in [-0.15, -0.1) is 0 Å². The third kappa shape index (κ3) is 12.8. The molecule has 0 unspecified atom stereocenters. The Labute approximate surface area is 188 Å². The van der Waals surface area contributed by atoms with E-state index in [0.717, 1.165) is 24.0 Å². The summed E-state index contributed by atoms with van der Waals surface area (Å²) in [6.45, 7) is 2.26. The second kappa shape index (κ2) is 17.3. The third-order valence-electron chi connectivity index (χ3n) is 5.37. The van der Waals surface area contributed by atoms with Crippen LogP contribution in [-0.2, 0) is 4.79 Å². The normalized spacial score (nSPS) is 12.4. The molecule has 0 radical (unpaired) electrons. The molecule has 4 N–H and O–H groups in total. The molecule has 1 aromatic rings. The van der Waals surface area contributed by atoms with Gasteiger partial charge >= 0.3 is 5.97 Å². The highest BCUT2D eigenvalue weighted by molar-refractivity contribution is 6.23. The number of amidine groups is 2. The minimum atomic E-state index is -0.664. The Morgan fingerprint density at radius 1 is 0.806 bits per heavy atom. The first-order chi connectivity index (χ1) is 15.1. The minimum Gasteiger partial charge on any atom is -0.481 e. The molecule has 5 heteroatoms. The van der Waals surface area contributed by atoms with E-state index in [1.807, 2.05) is 24.3 Å². The summed E-state index contributed by atoms with van der Waals surface area (Å²) in [5.74, 6) is -0.0150. The van der Waals surface area contributed by atoms with Gasteiger partial charge in [-0.3, -0.25) is 15.6 Å². The van der Waals surface area contributed by atoms with Crippen molar-refractivity contribution in [2.75, 3.05) is 0 Å². The fourth-order valence-electron chi connectivity index (χ4n) is 3.53. The van der Waals surface area contributed by atoms with Crippen LogP contribution < -0.4 is 5.32 Å². The predicted octanol–water partition coefficient (Wildman–Crippen LogP) is 7.05. The number of allylic oxidation sites excluding steroid dienone is 2. The first-order valence-electron chi connectivity index (χ1n) is 12.0. The largest absolute Gasteiger partial charge is 0.481 e. The van der Waals surface area contributed by atoms with E-state index in [4.69, 9.17) is 15.9 Å². The Balaban J connectivity index is 0.000000361. The number of carboxylic acids is 1. The Morgan fingerprint density at radius 3 is 1.74 bits per heavy atom. The molecule has 31 heavy (non-hydrogen) atoms. The average Bonchev–Trinajstić information content (AvgIpc) is 3.05. The molecular weight excluding hydrogens is 386 g/mol. The van der Waals surface area contributed by atoms with Crippen molar-refractivity contribution in [2.45, 2.75) is 96.8 Å². The summed E-state index contributed by atoms with van der Waals surface area (Å²) >= 11 is 0. The summed E-state index contributed by atoms with van der Waals surface area (Å²) in [5.41, 5.74) is 1.63. The molecule has 0 saturated heterocycles. The maximum atomic E-state index is 10.3. The number of fused-ring (bicyclic) bond motifs is 1. The van der Waals surface area contributed by atoms with E-state index in [1.165, 1.54) is 70.6 Å². The fourth-order valence-corrected chi connectivity index (χ4v) is 3.53. The van der Waals surface area contributed by atoms with Crippen LogP contribution in [0, 0.1) is 10.8 Å². The molecule has 0 fully saturated rings. The van der Waals surface area contributed by atoms with Crippen molar-refractivity contribution in [3.05, 3.63) is 47.5 Å². The zero-order valence-corrected chi connectivity index (χ0v) is 19.2. The summed E-state index contributed by atoms with van der Waals surface area (Å²) in [5, 5.41) is 26.0. The van der Waals surface area contributed by atoms with E-state index in [9.17, 15) is 4.79 Å². The number of hydrogen-bond acceptors (Lipinski definition) is 3. The highest BCUT2D eigenvalue weighted by atomic mass is 16.4. The molecule has 1 aliphatic heterocycles. The fraction of sp³-hybridized carbons (Fsp3) is 0.577. The number of carboxylic acid groups (broad SMARTS) is 1. The number of benzene rings is 1. The maximum Gasteiger partial charge on any atom is 0.303 e. The number of carbonyl (C=O) groups is 1. The van der Waals surface area contributed by atoms with Gasteiger partial charge in [0.05, 0.1) is 0 Å². The first kappa shape index (κ1) is 26.6. The molecule has 0 amide bonds. The van der Waals surface area contributed by atoms with Crippen molar-refractivity contribution >= 4 is 17.6 Å². The minimum absolute atomic E-state index is 0.325. The van der Waals surface area contributed by atoms with Crippen LogP contribution in [0.4, 0.5) is 0 Å². The van der Waals surface area contributed by atoms with Gasteiger partial charge in [-0.1, -0.05) is 94.7 Å². The zero-order chi connectivity index (χ0) is 22.7. The summed E-state index contributed by atoms with van der Waals surface area (Å²) < 4.78 is 0. The van der Waals surface area contributed by atoms with Gasteiger partial charge in [0.2, 0.25) is 0 Å². The van der Waals surface area contributed by atoms with E-state index in [2.05, 4.69) is 24.4 Å². The Bertz CT molecular complexity index is 665. The number of nitrogens with one attached hydrogen (secondary N) is 3. The van der Waals surface area contributed by atoms with E-state index < -0.39 is 5.97 Å². The molecule has 5 nitrogen and oxygen atoms in total. The molecule has 0 atom stereocenters. The lowest BCUT2D eigenvalue weighted by atomic mass is 10.1. The summed E-state index contributed by atoms with van der Waals surface area (Å²) in [4.78, 5) is 10.3. The topological polar surface area (TPSA) is 97.0 Å². The summed E-state index contributed by atoms with van der Waals surface area (Å²) in [6.07, 6.45) is 21.2. The smallest absolute Gasteiger partial charge is 0.303 e. The molecule has 0 saturated carbocycles. The number of rotatable bonds is 15. The second-order valence-corrected chi connectivity index (χ2v) is 8.15. The number of hydrogen-bond donors (Lipinski definition) is 4. The third-order valence-corrected chi connectivity index (χ3v) is 5.37. The summed E-state index contributed by atoms with van der Waals surface area (Å²) in [7, 11) is 0. The van der Waals surface area contributed by atoms with Crippen LogP contribution in [0.25, 0.3) is 0 Å².